The zero-order valence-corrected chi connectivity index (χ0v) is 19.3. The molecule has 1 aliphatic heterocycles. The third kappa shape index (κ3) is 6.21. The molecule has 1 heterocycles. The van der Waals surface area contributed by atoms with Gasteiger partial charge in [-0.1, -0.05) is 36.4 Å². The highest BCUT2D eigenvalue weighted by Crippen LogP contribution is 2.27. The number of carbonyl (C=O) groups is 1. The summed E-state index contributed by atoms with van der Waals surface area (Å²) in [6, 6.07) is 14.8. The lowest BCUT2D eigenvalue weighted by molar-refractivity contribution is 0.0652. The summed E-state index contributed by atoms with van der Waals surface area (Å²) in [4.78, 5) is 14.5. The number of ether oxygens (including phenoxy) is 1. The Morgan fingerprint density at radius 2 is 2.03 bits per heavy atom. The monoisotopic (exact) mass is 447 g/mol. The Bertz CT molecular complexity index is 852. The molecular formula is C24H32FN2O3S+. The molecule has 1 N–H and O–H groups in total. The third-order valence-corrected chi connectivity index (χ3v) is 6.82. The number of carbonyl (C=O) groups excluding carboxylic acids is 1. The molecule has 0 bridgehead atoms. The maximum absolute atomic E-state index is 14.6. The van der Waals surface area contributed by atoms with Crippen LogP contribution in [0.4, 0.5) is 9.18 Å². The second-order valence-electron chi connectivity index (χ2n) is 7.68. The number of hydrogen-bond donors (Lipinski definition) is 1. The summed E-state index contributed by atoms with van der Waals surface area (Å²) in [5.74, 6) is 0.484. The van der Waals surface area contributed by atoms with E-state index in [2.05, 4.69) is 5.32 Å². The van der Waals surface area contributed by atoms with Crippen LogP contribution in [0.1, 0.15) is 25.3 Å². The standard InChI is InChI=1S/C24H32FN2O3S/c1-4-30-24(28)27-14-8-11-22(26-17-31(3)29-2)23(27)16-18-12-13-21(25)20(15-18)19-9-6-5-7-10-19/h5-7,9-10,12-13,15,22-23,26H,4,8,11,14,16-17H2,1-3H3/q+1. The van der Waals surface area contributed by atoms with E-state index in [1.54, 1.807) is 7.11 Å². The summed E-state index contributed by atoms with van der Waals surface area (Å²) in [6.45, 7) is 2.83. The number of halogens is 1. The second kappa shape index (κ2) is 11.5. The molecule has 1 fully saturated rings. The molecule has 0 saturated carbocycles. The lowest BCUT2D eigenvalue weighted by Gasteiger charge is -2.40. The van der Waals surface area contributed by atoms with Crippen molar-refractivity contribution in [3.8, 4) is 11.1 Å². The molecule has 1 saturated heterocycles. The summed E-state index contributed by atoms with van der Waals surface area (Å²) in [5.41, 5.74) is 2.42. The zero-order valence-electron chi connectivity index (χ0n) is 18.5. The number of rotatable bonds is 8. The van der Waals surface area contributed by atoms with Crippen molar-refractivity contribution >= 4 is 17.3 Å². The fourth-order valence-corrected chi connectivity index (χ4v) is 4.61. The van der Waals surface area contributed by atoms with Crippen LogP contribution in [0.2, 0.25) is 0 Å². The molecule has 0 radical (unpaired) electrons. The van der Waals surface area contributed by atoms with Crippen LogP contribution < -0.4 is 5.32 Å². The van der Waals surface area contributed by atoms with Crippen LogP contribution in [0.25, 0.3) is 11.1 Å². The average molecular weight is 448 g/mol. The van der Waals surface area contributed by atoms with Crippen molar-refractivity contribution in [2.45, 2.75) is 38.3 Å². The summed E-state index contributed by atoms with van der Waals surface area (Å²) in [6.07, 6.45) is 4.26. The number of benzene rings is 2. The molecule has 3 rings (SSSR count). The number of piperidine rings is 1. The van der Waals surface area contributed by atoms with Crippen LogP contribution in [0, 0.1) is 5.82 Å². The molecule has 2 aromatic carbocycles. The first-order valence-electron chi connectivity index (χ1n) is 10.7. The highest BCUT2D eigenvalue weighted by atomic mass is 32.2. The van der Waals surface area contributed by atoms with Crippen LogP contribution in [0.3, 0.4) is 0 Å². The van der Waals surface area contributed by atoms with Crippen molar-refractivity contribution in [3.63, 3.8) is 0 Å². The number of likely N-dealkylation sites (tertiary alicyclic amines) is 1. The largest absolute Gasteiger partial charge is 0.450 e. The van der Waals surface area contributed by atoms with Gasteiger partial charge in [0.2, 0.25) is 0 Å². The van der Waals surface area contributed by atoms with Gasteiger partial charge in [0.15, 0.2) is 17.1 Å². The predicted molar refractivity (Wildman–Crippen MR) is 124 cm³/mol. The average Bonchev–Trinajstić information content (AvgIpc) is 2.80. The smallest absolute Gasteiger partial charge is 0.410 e. The molecule has 0 spiro atoms. The second-order valence-corrected chi connectivity index (χ2v) is 9.45. The SMILES string of the molecule is CCOC(=O)N1CCCC(NC[S+](C)OC)C1Cc1ccc(F)c(-c2ccccc2)c1. The Morgan fingerprint density at radius 1 is 1.26 bits per heavy atom. The van der Waals surface area contributed by atoms with Gasteiger partial charge in [0, 0.05) is 18.2 Å². The van der Waals surface area contributed by atoms with Crippen molar-refractivity contribution in [1.82, 2.24) is 10.2 Å². The Morgan fingerprint density at radius 3 is 2.74 bits per heavy atom. The lowest BCUT2D eigenvalue weighted by atomic mass is 9.90. The van der Waals surface area contributed by atoms with E-state index in [1.165, 1.54) is 6.07 Å². The number of nitrogens with zero attached hydrogens (tertiary/aromatic N) is 1. The van der Waals surface area contributed by atoms with E-state index < -0.39 is 0 Å². The third-order valence-electron chi connectivity index (χ3n) is 5.67. The topological polar surface area (TPSA) is 50.8 Å². The number of amides is 1. The van der Waals surface area contributed by atoms with Gasteiger partial charge in [-0.05, 0) is 49.4 Å². The van der Waals surface area contributed by atoms with Crippen molar-refractivity contribution in [2.24, 2.45) is 0 Å². The molecule has 168 valence electrons. The Balaban J connectivity index is 1.86. The maximum atomic E-state index is 14.6. The summed E-state index contributed by atoms with van der Waals surface area (Å²) >= 11 is -0.192. The van der Waals surface area contributed by atoms with Gasteiger partial charge < -0.3 is 9.64 Å². The van der Waals surface area contributed by atoms with Crippen LogP contribution in [0.5, 0.6) is 0 Å². The molecule has 3 atom stereocenters. The minimum absolute atomic E-state index is 0.0734. The number of nitrogens with one attached hydrogen (secondary N) is 1. The molecule has 2 aromatic rings. The van der Waals surface area contributed by atoms with E-state index in [-0.39, 0.29) is 35.2 Å². The van der Waals surface area contributed by atoms with Crippen LogP contribution in [-0.2, 0) is 26.5 Å². The highest BCUT2D eigenvalue weighted by molar-refractivity contribution is 7.91. The fraction of sp³-hybridized carbons (Fsp3) is 0.458. The van der Waals surface area contributed by atoms with E-state index in [1.807, 2.05) is 60.5 Å². The van der Waals surface area contributed by atoms with E-state index >= 15 is 0 Å². The number of hydrogen-bond acceptors (Lipinski definition) is 4. The maximum Gasteiger partial charge on any atom is 0.410 e. The van der Waals surface area contributed by atoms with Gasteiger partial charge in [-0.15, -0.1) is 0 Å². The first-order chi connectivity index (χ1) is 15.0. The Labute approximate surface area is 187 Å². The van der Waals surface area contributed by atoms with Crippen molar-refractivity contribution in [3.05, 3.63) is 59.9 Å². The molecule has 0 aliphatic carbocycles. The summed E-state index contributed by atoms with van der Waals surface area (Å²) in [5, 5.41) is 3.59. The van der Waals surface area contributed by atoms with Gasteiger partial charge in [-0.3, -0.25) is 5.32 Å². The van der Waals surface area contributed by atoms with E-state index in [4.69, 9.17) is 8.92 Å². The van der Waals surface area contributed by atoms with Crippen LogP contribution in [-0.4, -0.2) is 55.5 Å². The molecule has 31 heavy (non-hydrogen) atoms. The first kappa shape index (κ1) is 23.6. The quantitative estimate of drug-likeness (QED) is 0.610. The minimum atomic E-state index is -0.286. The Hall–Kier alpha value is -2.09. The Kier molecular flexibility index (Phi) is 8.75. The molecule has 1 amide bonds. The lowest BCUT2D eigenvalue weighted by Crippen LogP contribution is -2.57. The van der Waals surface area contributed by atoms with Crippen LogP contribution >= 0.6 is 0 Å². The molecule has 7 heteroatoms. The normalized spacial score (nSPS) is 19.8. The van der Waals surface area contributed by atoms with Crippen molar-refractivity contribution < 1.29 is 18.1 Å². The zero-order chi connectivity index (χ0) is 22.2. The summed E-state index contributed by atoms with van der Waals surface area (Å²) in [7, 11) is 1.71. The minimum Gasteiger partial charge on any atom is -0.450 e. The van der Waals surface area contributed by atoms with Crippen molar-refractivity contribution in [1.29, 1.82) is 0 Å². The van der Waals surface area contributed by atoms with Gasteiger partial charge in [0.25, 0.3) is 0 Å². The molecule has 3 unspecified atom stereocenters. The highest BCUT2D eigenvalue weighted by Gasteiger charge is 2.36. The predicted octanol–water partition coefficient (Wildman–Crippen LogP) is 4.38. The fourth-order valence-electron chi connectivity index (χ4n) is 4.04. The van der Waals surface area contributed by atoms with Gasteiger partial charge >= 0.3 is 6.09 Å². The van der Waals surface area contributed by atoms with Crippen molar-refractivity contribution in [2.75, 3.05) is 32.4 Å². The summed E-state index contributed by atoms with van der Waals surface area (Å²) < 4.78 is 25.3. The molecule has 0 aromatic heterocycles. The van der Waals surface area contributed by atoms with Gasteiger partial charge in [-0.2, -0.15) is 4.18 Å². The van der Waals surface area contributed by atoms with Gasteiger partial charge in [0.1, 0.15) is 12.1 Å². The van der Waals surface area contributed by atoms with Gasteiger partial charge in [0.05, 0.1) is 19.8 Å². The van der Waals surface area contributed by atoms with Crippen LogP contribution in [0.15, 0.2) is 48.5 Å². The van der Waals surface area contributed by atoms with E-state index in [0.717, 1.165) is 29.8 Å². The van der Waals surface area contributed by atoms with E-state index in [0.29, 0.717) is 25.1 Å². The molecule has 5 nitrogen and oxygen atoms in total. The molecule has 1 aliphatic rings. The van der Waals surface area contributed by atoms with E-state index in [9.17, 15) is 9.18 Å². The molecular weight excluding hydrogens is 415 g/mol. The first-order valence-corrected chi connectivity index (χ1v) is 12.4. The van der Waals surface area contributed by atoms with Gasteiger partial charge in [-0.25, -0.2) is 9.18 Å².